The number of nitrogen functional groups attached to an aromatic ring is 1. The highest BCUT2D eigenvalue weighted by molar-refractivity contribution is 7.59. The van der Waals surface area contributed by atoms with Crippen LogP contribution in [0.4, 0.5) is 5.82 Å². The highest BCUT2D eigenvalue weighted by Gasteiger charge is 2.32. The van der Waals surface area contributed by atoms with Crippen LogP contribution in [-0.2, 0) is 25.4 Å². The molecule has 0 saturated carbocycles. The molecule has 0 aliphatic carbocycles. The number of benzene rings is 1. The number of hydrogen-bond acceptors (Lipinski definition) is 9. The van der Waals surface area contributed by atoms with Crippen molar-refractivity contribution in [3.8, 4) is 5.75 Å². The fraction of sp³-hybridized carbons (Fsp3) is 0.455. The van der Waals surface area contributed by atoms with Gasteiger partial charge in [0.25, 0.3) is 7.37 Å². The molecule has 10 nitrogen and oxygen atoms in total. The third-order valence-electron chi connectivity index (χ3n) is 4.76. The van der Waals surface area contributed by atoms with E-state index < -0.39 is 19.3 Å². The molecule has 11 heteroatoms. The van der Waals surface area contributed by atoms with Crippen molar-refractivity contribution in [2.45, 2.75) is 46.4 Å². The molecule has 3 rings (SSSR count). The zero-order valence-electron chi connectivity index (χ0n) is 19.2. The smallest absolute Gasteiger partial charge is 0.309 e. The largest absolute Gasteiger partial charge is 0.463 e. The maximum absolute atomic E-state index is 13.7. The van der Waals surface area contributed by atoms with Gasteiger partial charge in [-0.25, -0.2) is 15.0 Å². The number of imidazole rings is 1. The van der Waals surface area contributed by atoms with Crippen LogP contribution in [0, 0.1) is 5.92 Å². The highest BCUT2D eigenvalue weighted by Crippen LogP contribution is 2.49. The lowest BCUT2D eigenvalue weighted by molar-refractivity contribution is -0.151. The normalized spacial score (nSPS) is 15.2. The quantitative estimate of drug-likeness (QED) is 0.325. The second kappa shape index (κ2) is 10.8. The Morgan fingerprint density at radius 1 is 1.12 bits per heavy atom. The summed E-state index contributed by atoms with van der Waals surface area (Å²) in [7, 11) is -3.39. The summed E-state index contributed by atoms with van der Waals surface area (Å²) in [6, 6.07) is 8.85. The lowest BCUT2D eigenvalue weighted by Gasteiger charge is -2.24. The van der Waals surface area contributed by atoms with Gasteiger partial charge in [-0.2, -0.15) is 0 Å². The molecule has 178 valence electrons. The Kier molecular flexibility index (Phi) is 8.05. The first-order valence-corrected chi connectivity index (χ1v) is 12.7. The number of carbonyl (C=O) groups is 1. The van der Waals surface area contributed by atoms with Gasteiger partial charge < -0.3 is 24.3 Å². The van der Waals surface area contributed by atoms with E-state index in [-0.39, 0.29) is 24.7 Å². The second-order valence-electron chi connectivity index (χ2n) is 8.22. The molecule has 33 heavy (non-hydrogen) atoms. The number of ether oxygens (including phenoxy) is 2. The van der Waals surface area contributed by atoms with Gasteiger partial charge in [0.2, 0.25) is 0 Å². The standard InChI is InChI=1S/C22H30N5O5P/c1-15(2)31-22(28)16(3)11-33(29,32-18-8-6-5-7-9-18)14-30-17(4)10-27-13-26-19-20(23)24-12-25-21(19)27/h5-9,12-13,15-17H,10-11,14H2,1-4H3,(H2,23,24,25)/t16-,17-,33?/m1/s1. The molecule has 2 aromatic heterocycles. The van der Waals surface area contributed by atoms with E-state index in [1.165, 1.54) is 6.33 Å². The zero-order chi connectivity index (χ0) is 24.0. The van der Waals surface area contributed by atoms with Crippen LogP contribution in [0.25, 0.3) is 11.2 Å². The van der Waals surface area contributed by atoms with Crippen molar-refractivity contribution in [1.29, 1.82) is 0 Å². The minimum atomic E-state index is -3.39. The Bertz CT molecular complexity index is 1120. The van der Waals surface area contributed by atoms with Crippen molar-refractivity contribution in [2.75, 3.05) is 18.2 Å². The predicted octanol–water partition coefficient (Wildman–Crippen LogP) is 3.72. The van der Waals surface area contributed by atoms with Crippen molar-refractivity contribution < 1.29 is 23.4 Å². The highest BCUT2D eigenvalue weighted by atomic mass is 31.2. The van der Waals surface area contributed by atoms with E-state index >= 15 is 0 Å². The summed E-state index contributed by atoms with van der Waals surface area (Å²) in [6.07, 6.45) is 2.22. The first kappa shape index (κ1) is 24.7. The Labute approximate surface area is 192 Å². The molecule has 0 aliphatic heterocycles. The van der Waals surface area contributed by atoms with E-state index in [1.807, 2.05) is 13.0 Å². The molecular weight excluding hydrogens is 445 g/mol. The van der Waals surface area contributed by atoms with Crippen LogP contribution in [0.15, 0.2) is 43.0 Å². The van der Waals surface area contributed by atoms with E-state index in [9.17, 15) is 9.36 Å². The van der Waals surface area contributed by atoms with E-state index in [4.69, 9.17) is 19.7 Å². The van der Waals surface area contributed by atoms with Crippen LogP contribution in [0.5, 0.6) is 5.75 Å². The number of hydrogen-bond donors (Lipinski definition) is 1. The van der Waals surface area contributed by atoms with Gasteiger partial charge in [-0.15, -0.1) is 0 Å². The Morgan fingerprint density at radius 2 is 1.85 bits per heavy atom. The molecule has 2 N–H and O–H groups in total. The first-order valence-electron chi connectivity index (χ1n) is 10.7. The fourth-order valence-electron chi connectivity index (χ4n) is 3.23. The van der Waals surface area contributed by atoms with Gasteiger partial charge >= 0.3 is 5.97 Å². The van der Waals surface area contributed by atoms with Crippen LogP contribution < -0.4 is 10.3 Å². The van der Waals surface area contributed by atoms with Gasteiger partial charge in [0, 0.05) is 0 Å². The predicted molar refractivity (Wildman–Crippen MR) is 125 cm³/mol. The number of fused-ring (bicyclic) bond motifs is 1. The number of rotatable bonds is 11. The summed E-state index contributed by atoms with van der Waals surface area (Å²) in [4.78, 5) is 24.7. The lowest BCUT2D eigenvalue weighted by Crippen LogP contribution is -2.24. The van der Waals surface area contributed by atoms with Crippen molar-refractivity contribution in [3.05, 3.63) is 43.0 Å². The maximum Gasteiger partial charge on any atom is 0.309 e. The molecule has 0 bridgehead atoms. The molecular formula is C22H30N5O5P. The Balaban J connectivity index is 1.70. The van der Waals surface area contributed by atoms with Gasteiger partial charge in [-0.1, -0.05) is 25.1 Å². The average Bonchev–Trinajstić information content (AvgIpc) is 3.16. The minimum Gasteiger partial charge on any atom is -0.463 e. The van der Waals surface area contributed by atoms with E-state index in [0.29, 0.717) is 29.3 Å². The molecule has 0 fully saturated rings. The van der Waals surface area contributed by atoms with Crippen molar-refractivity contribution in [1.82, 2.24) is 19.5 Å². The molecule has 1 aromatic carbocycles. The number of nitrogens with zero attached hydrogens (tertiary/aromatic N) is 4. The van der Waals surface area contributed by atoms with E-state index in [0.717, 1.165) is 0 Å². The van der Waals surface area contributed by atoms with Gasteiger partial charge in [0.1, 0.15) is 23.9 Å². The third-order valence-corrected chi connectivity index (χ3v) is 6.95. The molecule has 1 unspecified atom stereocenters. The van der Waals surface area contributed by atoms with Gasteiger partial charge in [-0.05, 0) is 32.9 Å². The number of nitrogens with two attached hydrogens (primary N) is 1. The first-order chi connectivity index (χ1) is 15.7. The van der Waals surface area contributed by atoms with Gasteiger partial charge in [-0.3, -0.25) is 9.36 Å². The van der Waals surface area contributed by atoms with E-state index in [2.05, 4.69) is 15.0 Å². The SMILES string of the molecule is CC(C)OC(=O)[C@H](C)CP(=O)(CO[C@H](C)Cn1cnc2c(N)ncnc21)Oc1ccccc1. The molecule has 0 spiro atoms. The van der Waals surface area contributed by atoms with Gasteiger partial charge in [0.15, 0.2) is 11.5 Å². The topological polar surface area (TPSA) is 131 Å². The summed E-state index contributed by atoms with van der Waals surface area (Å²) in [5.41, 5.74) is 6.94. The zero-order valence-corrected chi connectivity index (χ0v) is 20.1. The van der Waals surface area contributed by atoms with Crippen LogP contribution in [0.3, 0.4) is 0 Å². The average molecular weight is 475 g/mol. The number of esters is 1. The fourth-order valence-corrected chi connectivity index (χ4v) is 5.44. The summed E-state index contributed by atoms with van der Waals surface area (Å²) < 4.78 is 32.6. The number of carbonyl (C=O) groups excluding carboxylic acids is 1. The lowest BCUT2D eigenvalue weighted by atomic mass is 10.2. The number of para-hydroxylation sites is 1. The van der Waals surface area contributed by atoms with Crippen LogP contribution in [-0.4, -0.2) is 50.2 Å². The van der Waals surface area contributed by atoms with E-state index in [1.54, 1.807) is 55.9 Å². The Morgan fingerprint density at radius 3 is 2.55 bits per heavy atom. The summed E-state index contributed by atoms with van der Waals surface area (Å²) >= 11 is 0. The summed E-state index contributed by atoms with van der Waals surface area (Å²) in [6.45, 7) is 7.47. The van der Waals surface area contributed by atoms with Crippen LogP contribution >= 0.6 is 7.37 Å². The molecule has 0 amide bonds. The van der Waals surface area contributed by atoms with Crippen LogP contribution in [0.2, 0.25) is 0 Å². The Hall–Kier alpha value is -2.97. The molecule has 0 radical (unpaired) electrons. The monoisotopic (exact) mass is 475 g/mol. The molecule has 0 saturated heterocycles. The molecule has 0 aliphatic rings. The van der Waals surface area contributed by atoms with Crippen molar-refractivity contribution in [3.63, 3.8) is 0 Å². The maximum atomic E-state index is 13.7. The van der Waals surface area contributed by atoms with Gasteiger partial charge in [0.05, 0.1) is 37.2 Å². The number of aromatic nitrogens is 4. The third kappa shape index (κ3) is 6.76. The minimum absolute atomic E-state index is 0.00205. The summed E-state index contributed by atoms with van der Waals surface area (Å²) in [5.74, 6) is -0.278. The second-order valence-corrected chi connectivity index (χ2v) is 10.7. The van der Waals surface area contributed by atoms with Crippen molar-refractivity contribution in [2.24, 2.45) is 5.92 Å². The number of anilines is 1. The molecule has 3 atom stereocenters. The molecule has 2 heterocycles. The van der Waals surface area contributed by atoms with Crippen LogP contribution in [0.1, 0.15) is 27.7 Å². The molecule has 3 aromatic rings. The summed E-state index contributed by atoms with van der Waals surface area (Å²) in [5, 5.41) is 0. The van der Waals surface area contributed by atoms with Crippen molar-refractivity contribution >= 4 is 30.3 Å².